The topological polar surface area (TPSA) is 99.1 Å². The van der Waals surface area contributed by atoms with Crippen LogP contribution in [0.25, 0.3) is 0 Å². The Morgan fingerprint density at radius 3 is 2.43 bits per heavy atom. The van der Waals surface area contributed by atoms with Gasteiger partial charge >= 0.3 is 5.69 Å². The molecule has 0 saturated carbocycles. The predicted molar refractivity (Wildman–Crippen MR) is 90.6 cm³/mol. The largest absolute Gasteiger partial charge is 0.384 e. The summed E-state index contributed by atoms with van der Waals surface area (Å²) in [7, 11) is 2.67. The zero-order chi connectivity index (χ0) is 17.3. The Bertz CT molecular complexity index is 902. The highest BCUT2D eigenvalue weighted by atomic mass is 35.5. The molecule has 0 saturated heterocycles. The van der Waals surface area contributed by atoms with E-state index in [0.29, 0.717) is 15.7 Å². The quantitative estimate of drug-likeness (QED) is 0.803. The molecule has 0 unspecified atom stereocenters. The maximum Gasteiger partial charge on any atom is 0.332 e. The third-order valence-corrected chi connectivity index (χ3v) is 4.10. The molecular weight excluding hydrogens is 343 g/mol. The Hall–Kier alpha value is -2.25. The first-order valence-electron chi connectivity index (χ1n) is 6.51. The summed E-state index contributed by atoms with van der Waals surface area (Å²) in [6, 6.07) is 4.78. The molecule has 0 bridgehead atoms. The second-order valence-electron chi connectivity index (χ2n) is 4.87. The smallest absolute Gasteiger partial charge is 0.332 e. The maximum absolute atomic E-state index is 12.3. The van der Waals surface area contributed by atoms with Crippen LogP contribution < -0.4 is 22.3 Å². The number of ketones is 1. The van der Waals surface area contributed by atoms with Crippen molar-refractivity contribution in [1.29, 1.82) is 0 Å². The molecule has 0 fully saturated rings. The second kappa shape index (κ2) is 6.47. The first kappa shape index (κ1) is 17.1. The number of halogens is 2. The van der Waals surface area contributed by atoms with Crippen molar-refractivity contribution < 1.29 is 4.79 Å². The SMILES string of the molecule is Cn1c(N)c(C(=O)CNc2ccc(Cl)c(Cl)c2)c(=O)n(C)c1=O. The van der Waals surface area contributed by atoms with Crippen molar-refractivity contribution in [2.45, 2.75) is 0 Å². The Balaban J connectivity index is 2.30. The molecule has 2 rings (SSSR count). The van der Waals surface area contributed by atoms with Crippen LogP contribution in [0.1, 0.15) is 10.4 Å². The van der Waals surface area contributed by atoms with E-state index in [1.165, 1.54) is 14.1 Å². The Morgan fingerprint density at radius 2 is 1.83 bits per heavy atom. The highest BCUT2D eigenvalue weighted by Gasteiger charge is 2.19. The lowest BCUT2D eigenvalue weighted by molar-refractivity contribution is 0.100. The van der Waals surface area contributed by atoms with Crippen molar-refractivity contribution in [2.24, 2.45) is 14.1 Å². The van der Waals surface area contributed by atoms with Gasteiger partial charge < -0.3 is 11.1 Å². The van der Waals surface area contributed by atoms with E-state index in [-0.39, 0.29) is 17.9 Å². The first-order valence-corrected chi connectivity index (χ1v) is 7.27. The van der Waals surface area contributed by atoms with E-state index < -0.39 is 17.0 Å². The molecule has 0 aliphatic heterocycles. The number of carbonyl (C=O) groups excluding carboxylic acids is 1. The lowest BCUT2D eigenvalue weighted by Gasteiger charge is -2.11. The van der Waals surface area contributed by atoms with Gasteiger partial charge in [-0.1, -0.05) is 23.2 Å². The molecule has 3 N–H and O–H groups in total. The van der Waals surface area contributed by atoms with E-state index in [4.69, 9.17) is 28.9 Å². The van der Waals surface area contributed by atoms with Gasteiger partial charge in [0.25, 0.3) is 5.56 Å². The summed E-state index contributed by atoms with van der Waals surface area (Å²) < 4.78 is 1.89. The van der Waals surface area contributed by atoms with E-state index in [0.717, 1.165) is 9.13 Å². The van der Waals surface area contributed by atoms with Gasteiger partial charge in [-0.3, -0.25) is 18.7 Å². The van der Waals surface area contributed by atoms with E-state index >= 15 is 0 Å². The number of hydrogen-bond donors (Lipinski definition) is 2. The fourth-order valence-corrected chi connectivity index (χ4v) is 2.30. The van der Waals surface area contributed by atoms with E-state index in [1.54, 1.807) is 18.2 Å². The molecule has 0 spiro atoms. The summed E-state index contributed by atoms with van der Waals surface area (Å²) in [6.07, 6.45) is 0. The molecular formula is C14H14Cl2N4O3. The van der Waals surface area contributed by atoms with Gasteiger partial charge in [0.15, 0.2) is 5.78 Å². The summed E-state index contributed by atoms with van der Waals surface area (Å²) in [5.41, 5.74) is 4.73. The molecule has 0 aliphatic carbocycles. The standard InChI is InChI=1S/C14H14Cl2N4O3/c1-19-12(17)11(13(22)20(2)14(19)23)10(21)6-18-7-3-4-8(15)9(16)5-7/h3-5,18H,6,17H2,1-2H3. The van der Waals surface area contributed by atoms with Gasteiger partial charge in [-0.05, 0) is 18.2 Å². The number of nitrogens with one attached hydrogen (secondary N) is 1. The van der Waals surface area contributed by atoms with Gasteiger partial charge in [0.2, 0.25) is 0 Å². The molecule has 1 heterocycles. The van der Waals surface area contributed by atoms with Gasteiger partial charge in [-0.25, -0.2) is 4.79 Å². The summed E-state index contributed by atoms with van der Waals surface area (Å²) in [5.74, 6) is -0.705. The van der Waals surface area contributed by atoms with E-state index in [9.17, 15) is 14.4 Å². The molecule has 122 valence electrons. The lowest BCUT2D eigenvalue weighted by atomic mass is 10.2. The van der Waals surface area contributed by atoms with Crippen LogP contribution in [0.4, 0.5) is 11.5 Å². The van der Waals surface area contributed by atoms with Crippen LogP contribution in [0.15, 0.2) is 27.8 Å². The number of nitrogen functional groups attached to an aromatic ring is 1. The third kappa shape index (κ3) is 3.25. The van der Waals surface area contributed by atoms with Gasteiger partial charge in [0.05, 0.1) is 16.6 Å². The average molecular weight is 357 g/mol. The molecule has 7 nitrogen and oxygen atoms in total. The lowest BCUT2D eigenvalue weighted by Crippen LogP contribution is -2.42. The fraction of sp³-hybridized carbons (Fsp3) is 0.214. The number of aromatic nitrogens is 2. The van der Waals surface area contributed by atoms with Crippen molar-refractivity contribution in [3.05, 3.63) is 54.6 Å². The Labute approximate surface area is 141 Å². The minimum atomic E-state index is -0.730. The van der Waals surface area contributed by atoms with Gasteiger partial charge in [0.1, 0.15) is 11.4 Å². The van der Waals surface area contributed by atoms with E-state index in [2.05, 4.69) is 5.32 Å². The number of Topliss-reactive ketones (excluding diaryl/α,β-unsaturated/α-hetero) is 1. The molecule has 1 aromatic carbocycles. The number of nitrogens with zero attached hydrogens (tertiary/aromatic N) is 2. The molecule has 1 aromatic heterocycles. The van der Waals surface area contributed by atoms with Crippen molar-refractivity contribution in [1.82, 2.24) is 9.13 Å². The highest BCUT2D eigenvalue weighted by Crippen LogP contribution is 2.24. The van der Waals surface area contributed by atoms with Crippen LogP contribution in [-0.4, -0.2) is 21.5 Å². The fourth-order valence-electron chi connectivity index (χ4n) is 2.00. The summed E-state index contributed by atoms with van der Waals surface area (Å²) in [5, 5.41) is 3.56. The molecule has 0 amide bonds. The maximum atomic E-state index is 12.3. The highest BCUT2D eigenvalue weighted by molar-refractivity contribution is 6.42. The van der Waals surface area contributed by atoms with Crippen LogP contribution >= 0.6 is 23.2 Å². The van der Waals surface area contributed by atoms with Crippen molar-refractivity contribution >= 4 is 40.5 Å². The zero-order valence-corrected chi connectivity index (χ0v) is 13.9. The summed E-state index contributed by atoms with van der Waals surface area (Å²) in [4.78, 5) is 36.1. The molecule has 9 heteroatoms. The van der Waals surface area contributed by atoms with Crippen LogP contribution in [0, 0.1) is 0 Å². The van der Waals surface area contributed by atoms with Crippen LogP contribution in [0.2, 0.25) is 10.0 Å². The van der Waals surface area contributed by atoms with Crippen LogP contribution in [-0.2, 0) is 14.1 Å². The summed E-state index contributed by atoms with van der Waals surface area (Å²) >= 11 is 11.7. The molecule has 0 atom stereocenters. The second-order valence-corrected chi connectivity index (χ2v) is 5.69. The van der Waals surface area contributed by atoms with Crippen molar-refractivity contribution in [3.8, 4) is 0 Å². The van der Waals surface area contributed by atoms with Gasteiger partial charge in [-0.15, -0.1) is 0 Å². The number of benzene rings is 1. The summed E-state index contributed by atoms with van der Waals surface area (Å²) in [6.45, 7) is -0.185. The minimum absolute atomic E-state index is 0.168. The number of anilines is 2. The van der Waals surface area contributed by atoms with Crippen LogP contribution in [0.3, 0.4) is 0 Å². The minimum Gasteiger partial charge on any atom is -0.384 e. The monoisotopic (exact) mass is 356 g/mol. The normalized spacial score (nSPS) is 10.6. The molecule has 0 aliphatic rings. The Morgan fingerprint density at radius 1 is 1.17 bits per heavy atom. The molecule has 23 heavy (non-hydrogen) atoms. The number of carbonyl (C=O) groups is 1. The van der Waals surface area contributed by atoms with Gasteiger partial charge in [0, 0.05) is 19.8 Å². The first-order chi connectivity index (χ1) is 10.7. The average Bonchev–Trinajstić information content (AvgIpc) is 2.52. The number of nitrogens with two attached hydrogens (primary N) is 1. The van der Waals surface area contributed by atoms with Crippen molar-refractivity contribution in [3.63, 3.8) is 0 Å². The molecule has 2 aromatic rings. The number of hydrogen-bond acceptors (Lipinski definition) is 5. The van der Waals surface area contributed by atoms with Crippen molar-refractivity contribution in [2.75, 3.05) is 17.6 Å². The predicted octanol–water partition coefficient (Wildman–Crippen LogP) is 1.27. The van der Waals surface area contributed by atoms with E-state index in [1.807, 2.05) is 0 Å². The zero-order valence-electron chi connectivity index (χ0n) is 12.4. The third-order valence-electron chi connectivity index (χ3n) is 3.36. The molecule has 0 radical (unpaired) electrons. The van der Waals surface area contributed by atoms with Crippen LogP contribution in [0.5, 0.6) is 0 Å². The van der Waals surface area contributed by atoms with Gasteiger partial charge in [-0.2, -0.15) is 0 Å². The number of rotatable bonds is 4. The Kier molecular flexibility index (Phi) is 4.82.